The first-order valence-electron chi connectivity index (χ1n) is 56.2. The Hall–Kier alpha value is -13.5. The molecule has 0 heterocycles. The van der Waals surface area contributed by atoms with Gasteiger partial charge in [0.2, 0.25) is 0 Å². The van der Waals surface area contributed by atoms with Gasteiger partial charge in [0.05, 0.1) is 0 Å². The van der Waals surface area contributed by atoms with Crippen LogP contribution in [0.1, 0.15) is 379 Å². The van der Waals surface area contributed by atoms with Crippen LogP contribution in [0.2, 0.25) is 0 Å². The topological polar surface area (TPSA) is 0 Å². The molecule has 0 saturated carbocycles. The maximum Gasteiger partial charge on any atom is 0.0364 e. The van der Waals surface area contributed by atoms with Gasteiger partial charge in [0, 0.05) is 23.7 Å². The van der Waals surface area contributed by atoms with E-state index in [1.807, 2.05) is 222 Å². The van der Waals surface area contributed by atoms with Crippen LogP contribution in [0, 0.1) is 0 Å². The first kappa shape index (κ1) is 114. The molecule has 0 spiro atoms. The highest BCUT2D eigenvalue weighted by Crippen LogP contribution is 2.63. The van der Waals surface area contributed by atoms with Gasteiger partial charge >= 0.3 is 0 Å². The van der Waals surface area contributed by atoms with Crippen LogP contribution in [0.3, 0.4) is 0 Å². The minimum absolute atomic E-state index is 0.335. The number of rotatable bonds is 0. The van der Waals surface area contributed by atoms with Crippen LogP contribution < -0.4 is 0 Å². The van der Waals surface area contributed by atoms with Gasteiger partial charge < -0.3 is 0 Å². The third kappa shape index (κ3) is 21.2. The summed E-state index contributed by atoms with van der Waals surface area (Å²) in [6.45, 7) is 64.0. The molecule has 0 nitrogen and oxygen atoms in total. The van der Waals surface area contributed by atoms with Crippen molar-refractivity contribution in [2.45, 2.75) is 271 Å². The molecule has 16 aromatic carbocycles. The molecule has 28 rings (SSSR count). The molecule has 12 aliphatic carbocycles. The van der Waals surface area contributed by atoms with E-state index in [4.69, 9.17) is 0 Å². The highest BCUT2D eigenvalue weighted by molar-refractivity contribution is 6.09. The summed E-state index contributed by atoms with van der Waals surface area (Å²) >= 11 is 0. The summed E-state index contributed by atoms with van der Waals surface area (Å²) in [5.74, 6) is 1.40. The summed E-state index contributed by atoms with van der Waals surface area (Å²) in [6.07, 6.45) is 13.8. The Morgan fingerprint density at radius 1 is 0.139 bits per heavy atom. The van der Waals surface area contributed by atoms with E-state index in [0.29, 0.717) is 23.7 Å². The lowest BCUT2D eigenvalue weighted by Gasteiger charge is -2.31. The molecule has 0 heteroatoms. The molecule has 0 aliphatic heterocycles. The zero-order chi connectivity index (χ0) is 105. The number of benzene rings is 16. The monoisotopic (exact) mass is 1900 g/mol. The van der Waals surface area contributed by atoms with Crippen molar-refractivity contribution in [3.63, 3.8) is 0 Å². The highest BCUT2D eigenvalue weighted by atomic mass is 14.5. The largest absolute Gasteiger partial charge is 0.0683 e. The maximum absolute atomic E-state index is 2.50. The van der Waals surface area contributed by atoms with Gasteiger partial charge in [-0.3, -0.25) is 0 Å². The Morgan fingerprint density at radius 3 is 0.826 bits per heavy atom. The van der Waals surface area contributed by atoms with E-state index in [0.717, 1.165) is 25.7 Å². The van der Waals surface area contributed by atoms with Crippen molar-refractivity contribution in [2.75, 3.05) is 0 Å². The van der Waals surface area contributed by atoms with Gasteiger partial charge in [-0.25, -0.2) is 0 Å². The van der Waals surface area contributed by atoms with E-state index in [1.54, 1.807) is 0 Å². The summed E-state index contributed by atoms with van der Waals surface area (Å²) in [5.41, 5.74) is 63.2. The van der Waals surface area contributed by atoms with E-state index in [1.165, 1.54) is 245 Å². The third-order valence-electron chi connectivity index (χ3n) is 27.0. The summed E-state index contributed by atoms with van der Waals surface area (Å²) in [5, 5.41) is 0. The normalized spacial score (nSPS) is 13.9. The van der Waals surface area contributed by atoms with Gasteiger partial charge in [-0.1, -0.05) is 555 Å². The minimum Gasteiger partial charge on any atom is -0.0683 e. The van der Waals surface area contributed by atoms with E-state index >= 15 is 0 Å². The lowest BCUT2D eigenvalue weighted by Crippen LogP contribution is -2.12. The molecule has 0 radical (unpaired) electrons. The van der Waals surface area contributed by atoms with Crippen molar-refractivity contribution in [3.8, 4) is 89.0 Å². The molecule has 12 aliphatic rings. The summed E-state index contributed by atoms with van der Waals surface area (Å²) < 4.78 is 0. The molecular weight excluding hydrogens is 1730 g/mol. The number of fused-ring (bicyclic) bond motifs is 47. The van der Waals surface area contributed by atoms with Crippen molar-refractivity contribution in [3.05, 3.63) is 473 Å². The fourth-order valence-electron chi connectivity index (χ4n) is 22.4. The quantitative estimate of drug-likeness (QED) is 0.142. The van der Waals surface area contributed by atoms with Gasteiger partial charge in [0.1, 0.15) is 0 Å². The first-order valence-corrected chi connectivity index (χ1v) is 56.2. The second-order valence-electron chi connectivity index (χ2n) is 32.4. The van der Waals surface area contributed by atoms with Crippen molar-refractivity contribution in [1.29, 1.82) is 0 Å². The number of hydrogen-bond donors (Lipinski definition) is 0. The fraction of sp³-hybridized carbons (Fsp3) is 0.278. The average molecular weight is 1900 g/mol. The van der Waals surface area contributed by atoms with E-state index in [2.05, 4.69) is 364 Å². The third-order valence-corrected chi connectivity index (χ3v) is 27.0. The van der Waals surface area contributed by atoms with Crippen molar-refractivity contribution in [1.82, 2.24) is 0 Å². The molecule has 144 heavy (non-hydrogen) atoms. The van der Waals surface area contributed by atoms with Crippen LogP contribution in [0.4, 0.5) is 0 Å². The molecule has 0 fully saturated rings. The predicted octanol–water partition coefficient (Wildman–Crippen LogP) is 44.1. The molecule has 16 aromatic rings. The van der Waals surface area contributed by atoms with Gasteiger partial charge in [0.25, 0.3) is 0 Å². The van der Waals surface area contributed by atoms with Gasteiger partial charge in [0.15, 0.2) is 0 Å². The standard InChI is InChI=1S/4C28H18.16C2H6/c1-3-9-20-17(7-1)13-19-15-27-25(16-24(19)20)22-11-5-6-12-23(22)26-14-18-8-2-4-10-21(18)28(26)27;1-3-9-20-17(7-1)15-19-13-14-24-22-11-5-6-12-23(22)25-16-18-8-2-4-10-21(18)27(25)28(24)26(19)20;1-3-9-19-17(7-1)15-26-22(19)13-14-24-27-20-10-4-2-8-18(20)16-25(27)21-11-5-6-12-23(21)28(24)26;1-3-9-19-17(7-1)15-26-23(19)13-14-24-21-11-5-6-12-22(21)25-16-18-8-2-4-10-20(18)27(25)28(24)26;16*1-2/h1-12,14-16,28H,13H2;3*1-14,16,27H,15H2;16*1-2H3. The molecule has 4 atom stereocenters. The van der Waals surface area contributed by atoms with E-state index in [9.17, 15) is 0 Å². The molecule has 0 saturated heterocycles. The molecule has 0 amide bonds. The van der Waals surface area contributed by atoms with Gasteiger partial charge in [-0.05, 0) is 301 Å². The molecule has 4 unspecified atom stereocenters. The van der Waals surface area contributed by atoms with Crippen LogP contribution in [-0.4, -0.2) is 0 Å². The summed E-state index contributed by atoms with van der Waals surface area (Å²) in [6, 6.07) is 126. The smallest absolute Gasteiger partial charge is 0.0364 e. The van der Waals surface area contributed by atoms with Crippen LogP contribution in [0.25, 0.3) is 136 Å². The average Bonchev–Trinajstić information content (AvgIpc) is 1.55. The molecule has 0 aromatic heterocycles. The Balaban J connectivity index is 0.000000195. The Labute approximate surface area is 873 Å². The predicted molar refractivity (Wildman–Crippen MR) is 647 cm³/mol. The maximum atomic E-state index is 2.50. The SMILES string of the molecule is C1=C2c3ccccc3-c3c(ccc4c3Cc3ccccc3-4)C2c2ccccc21.C1=C2c3ccccc3-c3cc4c(cc3C2c2ccccc21)Cc1ccccc1-4.C1=C2c3ccccc3-c3ccc4c(c3C2c2ccccc21)-c1ccccc1C4.C1=C2c3ccccc3-c3ccc4c(c3C2c2ccccc21)Cc1ccccc1-4.CC.CC.CC.CC.CC.CC.CC.CC.CC.CC.CC.CC.CC.CC.CC.CC. The van der Waals surface area contributed by atoms with Gasteiger partial charge in [-0.15, -0.1) is 0 Å². The summed E-state index contributed by atoms with van der Waals surface area (Å²) in [4.78, 5) is 0. The van der Waals surface area contributed by atoms with Crippen LogP contribution in [0.5, 0.6) is 0 Å². The zero-order valence-electron chi connectivity index (χ0n) is 93.8. The highest BCUT2D eigenvalue weighted by Gasteiger charge is 2.43. The number of hydrogen-bond acceptors (Lipinski definition) is 0. The second kappa shape index (κ2) is 56.5. The molecule has 0 N–H and O–H groups in total. The Bertz CT molecular complexity index is 6920. The van der Waals surface area contributed by atoms with Crippen molar-refractivity contribution >= 4 is 46.6 Å². The summed E-state index contributed by atoms with van der Waals surface area (Å²) in [7, 11) is 0. The zero-order valence-corrected chi connectivity index (χ0v) is 93.8. The molecular formula is C144H168. The van der Waals surface area contributed by atoms with Crippen molar-refractivity contribution < 1.29 is 0 Å². The van der Waals surface area contributed by atoms with Crippen LogP contribution in [0.15, 0.2) is 340 Å². The Morgan fingerprint density at radius 2 is 0.403 bits per heavy atom. The van der Waals surface area contributed by atoms with Crippen LogP contribution >= 0.6 is 0 Å². The van der Waals surface area contributed by atoms with E-state index < -0.39 is 0 Å². The van der Waals surface area contributed by atoms with Crippen molar-refractivity contribution in [2.24, 2.45) is 0 Å². The molecule has 744 valence electrons. The molecule has 0 bridgehead atoms. The lowest BCUT2D eigenvalue weighted by atomic mass is 9.72. The van der Waals surface area contributed by atoms with Crippen LogP contribution in [-0.2, 0) is 25.7 Å². The van der Waals surface area contributed by atoms with Gasteiger partial charge in [-0.2, -0.15) is 0 Å². The Kier molecular flexibility index (Phi) is 44.8. The number of allylic oxidation sites excluding steroid dienone is 4. The first-order chi connectivity index (χ1) is 71.6. The lowest BCUT2D eigenvalue weighted by molar-refractivity contribution is 1.02. The second-order valence-corrected chi connectivity index (χ2v) is 32.4. The fourth-order valence-corrected chi connectivity index (χ4v) is 22.4. The minimum atomic E-state index is 0.335. The van der Waals surface area contributed by atoms with E-state index in [-0.39, 0.29) is 0 Å².